The molecule has 0 saturated carbocycles. The number of benzene rings is 2. The fraction of sp³-hybridized carbons (Fsp3) is 0.182. The van der Waals surface area contributed by atoms with Crippen LogP contribution in [0.4, 0.5) is 4.39 Å². The fourth-order valence-electron chi connectivity index (χ4n) is 3.90. The minimum Gasteiger partial charge on any atom is -0.497 e. The van der Waals surface area contributed by atoms with Crippen LogP contribution < -0.4 is 16.0 Å². The zero-order valence-electron chi connectivity index (χ0n) is 17.6. The average molecular weight is 434 g/mol. The molecule has 2 aromatic carbocycles. The molecule has 0 radical (unpaired) electrons. The molecule has 3 aromatic heterocycles. The van der Waals surface area contributed by atoms with E-state index in [0.717, 1.165) is 15.7 Å². The summed E-state index contributed by atoms with van der Waals surface area (Å²) in [4.78, 5) is 25.9. The predicted octanol–water partition coefficient (Wildman–Crippen LogP) is 1.94. The van der Waals surface area contributed by atoms with Gasteiger partial charge >= 0.3 is 5.69 Å². The van der Waals surface area contributed by atoms with Gasteiger partial charge in [-0.05, 0) is 42.0 Å². The highest BCUT2D eigenvalue weighted by Gasteiger charge is 2.24. The molecule has 9 nitrogen and oxygen atoms in total. The summed E-state index contributed by atoms with van der Waals surface area (Å²) in [5.41, 5.74) is 1.29. The van der Waals surface area contributed by atoms with E-state index in [1.54, 1.807) is 47.4 Å². The van der Waals surface area contributed by atoms with Gasteiger partial charge in [0.25, 0.3) is 5.56 Å². The number of rotatable bonds is 4. The molecule has 32 heavy (non-hydrogen) atoms. The highest BCUT2D eigenvalue weighted by Crippen LogP contribution is 2.26. The molecule has 0 aliphatic rings. The molecule has 5 rings (SSSR count). The number of aromatic nitrogens is 6. The van der Waals surface area contributed by atoms with Gasteiger partial charge in [0, 0.05) is 19.7 Å². The van der Waals surface area contributed by atoms with Crippen molar-refractivity contribution in [3.05, 3.63) is 80.7 Å². The van der Waals surface area contributed by atoms with E-state index in [9.17, 15) is 14.0 Å². The van der Waals surface area contributed by atoms with E-state index in [1.807, 2.05) is 12.1 Å². The lowest BCUT2D eigenvalue weighted by Crippen LogP contribution is -2.37. The van der Waals surface area contributed by atoms with E-state index in [4.69, 9.17) is 4.74 Å². The lowest BCUT2D eigenvalue weighted by Gasteiger charge is -2.08. The SMILES string of the molecule is COc1ccc(-c2nnc3n(Cc4ccc(F)cc4)c4c(=O)n(C)c(=O)n(C)c4n23)cc1. The topological polar surface area (TPSA) is 88.3 Å². The van der Waals surface area contributed by atoms with Crippen molar-refractivity contribution in [1.82, 2.24) is 28.3 Å². The second kappa shape index (κ2) is 7.19. The Hall–Kier alpha value is -4.21. The Balaban J connectivity index is 1.86. The van der Waals surface area contributed by atoms with Crippen LogP contribution in [0.1, 0.15) is 5.56 Å². The van der Waals surface area contributed by atoms with Gasteiger partial charge in [-0.15, -0.1) is 10.2 Å². The fourth-order valence-corrected chi connectivity index (χ4v) is 3.90. The molecule has 0 amide bonds. The monoisotopic (exact) mass is 434 g/mol. The number of aryl methyl sites for hydroxylation is 1. The normalized spacial score (nSPS) is 11.5. The van der Waals surface area contributed by atoms with Crippen LogP contribution in [0, 0.1) is 5.82 Å². The second-order valence-corrected chi connectivity index (χ2v) is 7.48. The van der Waals surface area contributed by atoms with Gasteiger partial charge in [-0.25, -0.2) is 13.6 Å². The molecule has 0 bridgehead atoms. The van der Waals surface area contributed by atoms with Crippen LogP contribution in [-0.4, -0.2) is 35.4 Å². The van der Waals surface area contributed by atoms with Crippen molar-refractivity contribution in [2.45, 2.75) is 6.54 Å². The molecule has 0 atom stereocenters. The summed E-state index contributed by atoms with van der Waals surface area (Å²) >= 11 is 0. The van der Waals surface area contributed by atoms with Crippen LogP contribution in [0.25, 0.3) is 28.3 Å². The van der Waals surface area contributed by atoms with Crippen molar-refractivity contribution in [3.8, 4) is 17.1 Å². The van der Waals surface area contributed by atoms with Crippen LogP contribution in [0.3, 0.4) is 0 Å². The first kappa shape index (κ1) is 19.7. The molecule has 0 fully saturated rings. The van der Waals surface area contributed by atoms with Gasteiger partial charge in [0.15, 0.2) is 17.0 Å². The van der Waals surface area contributed by atoms with E-state index < -0.39 is 11.2 Å². The number of imidazole rings is 1. The zero-order valence-corrected chi connectivity index (χ0v) is 17.6. The summed E-state index contributed by atoms with van der Waals surface area (Å²) in [6, 6.07) is 13.3. The van der Waals surface area contributed by atoms with Crippen molar-refractivity contribution in [2.75, 3.05) is 7.11 Å². The minimum atomic E-state index is -0.460. The molecule has 3 heterocycles. The van der Waals surface area contributed by atoms with Crippen molar-refractivity contribution in [1.29, 1.82) is 0 Å². The van der Waals surface area contributed by atoms with Gasteiger partial charge in [-0.3, -0.25) is 18.5 Å². The summed E-state index contributed by atoms with van der Waals surface area (Å²) in [6.07, 6.45) is 0. The third-order valence-corrected chi connectivity index (χ3v) is 5.58. The third kappa shape index (κ3) is 2.83. The smallest absolute Gasteiger partial charge is 0.332 e. The lowest BCUT2D eigenvalue weighted by molar-refractivity contribution is 0.415. The van der Waals surface area contributed by atoms with Crippen LogP contribution in [0.15, 0.2) is 58.1 Å². The van der Waals surface area contributed by atoms with Crippen LogP contribution in [-0.2, 0) is 20.6 Å². The molecule has 0 spiro atoms. The number of hydrogen-bond acceptors (Lipinski definition) is 5. The Bertz CT molecular complexity index is 1590. The Labute approximate surface area is 180 Å². The minimum absolute atomic E-state index is 0.251. The lowest BCUT2D eigenvalue weighted by atomic mass is 10.2. The molecule has 10 heteroatoms. The van der Waals surface area contributed by atoms with Crippen molar-refractivity contribution >= 4 is 16.9 Å². The highest BCUT2D eigenvalue weighted by atomic mass is 19.1. The number of hydrogen-bond donors (Lipinski definition) is 0. The van der Waals surface area contributed by atoms with E-state index >= 15 is 0 Å². The van der Waals surface area contributed by atoms with Gasteiger partial charge in [-0.1, -0.05) is 12.1 Å². The van der Waals surface area contributed by atoms with Gasteiger partial charge in [-0.2, -0.15) is 0 Å². The Kier molecular flexibility index (Phi) is 4.43. The maximum absolute atomic E-state index is 13.4. The standard InChI is InChI=1S/C22H19FN6O3/c1-26-19-17(20(30)27(2)22(26)31)28(12-13-4-8-15(23)9-5-13)21-25-24-18(29(19)21)14-6-10-16(32-3)11-7-14/h4-11H,12H2,1-3H3. The zero-order chi connectivity index (χ0) is 22.6. The maximum Gasteiger partial charge on any atom is 0.332 e. The van der Waals surface area contributed by atoms with E-state index in [0.29, 0.717) is 28.5 Å². The molecule has 0 N–H and O–H groups in total. The summed E-state index contributed by atoms with van der Waals surface area (Å²) < 4.78 is 24.5. The molecule has 5 aromatic rings. The highest BCUT2D eigenvalue weighted by molar-refractivity contribution is 5.80. The van der Waals surface area contributed by atoms with Crippen LogP contribution in [0.5, 0.6) is 5.75 Å². The van der Waals surface area contributed by atoms with Crippen LogP contribution in [0.2, 0.25) is 0 Å². The first-order valence-corrected chi connectivity index (χ1v) is 9.83. The summed E-state index contributed by atoms with van der Waals surface area (Å²) in [7, 11) is 4.62. The molecular weight excluding hydrogens is 415 g/mol. The number of methoxy groups -OCH3 is 1. The predicted molar refractivity (Wildman–Crippen MR) is 116 cm³/mol. The number of halogens is 1. The van der Waals surface area contributed by atoms with Gasteiger partial charge < -0.3 is 4.74 Å². The first-order chi connectivity index (χ1) is 15.4. The number of fused-ring (bicyclic) bond motifs is 3. The van der Waals surface area contributed by atoms with E-state index in [-0.39, 0.29) is 12.4 Å². The molecule has 0 unspecified atom stereocenters. The number of ether oxygens (including phenoxy) is 1. The summed E-state index contributed by atoms with van der Waals surface area (Å²) in [6.45, 7) is 0.251. The van der Waals surface area contributed by atoms with E-state index in [1.165, 1.54) is 23.7 Å². The Morgan fingerprint density at radius 2 is 1.62 bits per heavy atom. The van der Waals surface area contributed by atoms with E-state index in [2.05, 4.69) is 10.2 Å². The van der Waals surface area contributed by atoms with Crippen molar-refractivity contribution < 1.29 is 9.13 Å². The second-order valence-electron chi connectivity index (χ2n) is 7.48. The molecule has 162 valence electrons. The van der Waals surface area contributed by atoms with Gasteiger partial charge in [0.05, 0.1) is 13.7 Å². The summed E-state index contributed by atoms with van der Waals surface area (Å²) in [5.74, 6) is 1.22. The molecular formula is C22H19FN6O3. The molecule has 0 saturated heterocycles. The molecule has 0 aliphatic carbocycles. The van der Waals surface area contributed by atoms with Crippen LogP contribution >= 0.6 is 0 Å². The number of nitrogens with zero attached hydrogens (tertiary/aromatic N) is 6. The Morgan fingerprint density at radius 3 is 2.28 bits per heavy atom. The van der Waals surface area contributed by atoms with Gasteiger partial charge in [0.1, 0.15) is 11.6 Å². The Morgan fingerprint density at radius 1 is 0.938 bits per heavy atom. The first-order valence-electron chi connectivity index (χ1n) is 9.83. The molecule has 0 aliphatic heterocycles. The average Bonchev–Trinajstić information content (AvgIpc) is 3.37. The van der Waals surface area contributed by atoms with Gasteiger partial charge in [0.2, 0.25) is 5.78 Å². The third-order valence-electron chi connectivity index (χ3n) is 5.58. The maximum atomic E-state index is 13.4. The van der Waals surface area contributed by atoms with Crippen molar-refractivity contribution in [3.63, 3.8) is 0 Å². The summed E-state index contributed by atoms with van der Waals surface area (Å²) in [5, 5.41) is 8.67. The quantitative estimate of drug-likeness (QED) is 0.431. The van der Waals surface area contributed by atoms with Crippen molar-refractivity contribution in [2.24, 2.45) is 14.1 Å². The largest absolute Gasteiger partial charge is 0.497 e.